The van der Waals surface area contributed by atoms with Crippen molar-refractivity contribution < 1.29 is 13.9 Å². The van der Waals surface area contributed by atoms with Crippen molar-refractivity contribution in [3.8, 4) is 5.75 Å². The van der Waals surface area contributed by atoms with Crippen LogP contribution in [0.2, 0.25) is 0 Å². The van der Waals surface area contributed by atoms with Gasteiger partial charge in [0.15, 0.2) is 0 Å². The van der Waals surface area contributed by atoms with Crippen LogP contribution in [-0.2, 0) is 6.54 Å². The summed E-state index contributed by atoms with van der Waals surface area (Å²) in [6, 6.07) is 17.5. The molecule has 0 radical (unpaired) electrons. The number of carbonyl (C=O) groups is 1. The van der Waals surface area contributed by atoms with Crippen molar-refractivity contribution in [1.29, 1.82) is 0 Å². The molecule has 2 atom stereocenters. The van der Waals surface area contributed by atoms with Gasteiger partial charge in [-0.1, -0.05) is 30.3 Å². The lowest BCUT2D eigenvalue weighted by atomic mass is 9.88. The number of piperidine rings is 1. The third-order valence-corrected chi connectivity index (χ3v) is 6.28. The van der Waals surface area contributed by atoms with E-state index in [1.165, 1.54) is 12.1 Å². The molecule has 1 amide bonds. The van der Waals surface area contributed by atoms with Crippen LogP contribution in [0.15, 0.2) is 66.9 Å². The van der Waals surface area contributed by atoms with E-state index < -0.39 is 5.82 Å². The molecule has 1 aromatic heterocycles. The molecule has 0 unspecified atom stereocenters. The lowest BCUT2D eigenvalue weighted by Crippen LogP contribution is -2.43. The molecule has 1 aliphatic heterocycles. The Kier molecular flexibility index (Phi) is 7.35. The Balaban J connectivity index is 1.54. The average Bonchev–Trinajstić information content (AvgIpc) is 2.83. The minimum atomic E-state index is -0.423. The van der Waals surface area contributed by atoms with Gasteiger partial charge < -0.3 is 10.1 Å². The molecule has 4 rings (SSSR count). The number of hydrogen-bond acceptors (Lipinski definition) is 4. The maximum absolute atomic E-state index is 13.7. The topological polar surface area (TPSA) is 54.5 Å². The number of nitrogens with zero attached hydrogens (tertiary/aromatic N) is 2. The number of likely N-dealkylation sites (tertiary alicyclic amines) is 1. The summed E-state index contributed by atoms with van der Waals surface area (Å²) >= 11 is 0. The smallest absolute Gasteiger partial charge is 0.251 e. The van der Waals surface area contributed by atoms with Crippen LogP contribution in [-0.4, -0.2) is 36.0 Å². The van der Waals surface area contributed by atoms with Gasteiger partial charge in [-0.2, -0.15) is 0 Å². The normalized spacial score (nSPS) is 17.4. The van der Waals surface area contributed by atoms with Crippen molar-refractivity contribution in [3.05, 3.63) is 95.1 Å². The van der Waals surface area contributed by atoms with Crippen molar-refractivity contribution in [2.24, 2.45) is 5.92 Å². The highest BCUT2D eigenvalue weighted by Gasteiger charge is 2.31. The molecule has 5 nitrogen and oxygen atoms in total. The number of hydrogen-bond donors (Lipinski definition) is 1. The minimum Gasteiger partial charge on any atom is -0.496 e. The number of methoxy groups -OCH3 is 1. The third-order valence-electron chi connectivity index (χ3n) is 6.28. The number of ether oxygens (including phenoxy) is 1. The predicted octanol–water partition coefficient (Wildman–Crippen LogP) is 4.92. The molecule has 0 spiro atoms. The van der Waals surface area contributed by atoms with E-state index in [4.69, 9.17) is 4.74 Å². The number of halogens is 1. The van der Waals surface area contributed by atoms with Crippen LogP contribution in [0.5, 0.6) is 5.75 Å². The van der Waals surface area contributed by atoms with Crippen molar-refractivity contribution in [3.63, 3.8) is 0 Å². The van der Waals surface area contributed by atoms with Crippen LogP contribution in [0.25, 0.3) is 0 Å². The number of para-hydroxylation sites is 1. The van der Waals surface area contributed by atoms with Gasteiger partial charge in [0.2, 0.25) is 0 Å². The molecule has 3 aromatic rings. The lowest BCUT2D eigenvalue weighted by molar-refractivity contribution is 0.0874. The largest absolute Gasteiger partial charge is 0.496 e. The van der Waals surface area contributed by atoms with Gasteiger partial charge in [-0.25, -0.2) is 4.39 Å². The highest BCUT2D eigenvalue weighted by Crippen LogP contribution is 2.32. The summed E-state index contributed by atoms with van der Waals surface area (Å²) in [6.45, 7) is 4.65. The average molecular weight is 448 g/mol. The van der Waals surface area contributed by atoms with Gasteiger partial charge in [-0.05, 0) is 68.1 Å². The third kappa shape index (κ3) is 5.57. The van der Waals surface area contributed by atoms with Gasteiger partial charge in [-0.15, -0.1) is 0 Å². The fourth-order valence-electron chi connectivity index (χ4n) is 4.73. The zero-order chi connectivity index (χ0) is 23.2. The monoisotopic (exact) mass is 447 g/mol. The number of amides is 1. The first-order valence-corrected chi connectivity index (χ1v) is 11.4. The summed E-state index contributed by atoms with van der Waals surface area (Å²) in [5.41, 5.74) is 3.42. The zero-order valence-corrected chi connectivity index (χ0v) is 19.1. The molecule has 1 saturated heterocycles. The highest BCUT2D eigenvalue weighted by atomic mass is 19.1. The summed E-state index contributed by atoms with van der Waals surface area (Å²) in [5, 5.41) is 3.14. The second kappa shape index (κ2) is 10.6. The summed E-state index contributed by atoms with van der Waals surface area (Å²) in [7, 11) is 1.71. The molecular weight excluding hydrogens is 417 g/mol. The minimum absolute atomic E-state index is 0.182. The maximum atomic E-state index is 13.7. The number of benzene rings is 2. The lowest BCUT2D eigenvalue weighted by Gasteiger charge is -2.37. The van der Waals surface area contributed by atoms with Gasteiger partial charge >= 0.3 is 0 Å². The van der Waals surface area contributed by atoms with E-state index in [1.807, 2.05) is 18.2 Å². The zero-order valence-electron chi connectivity index (χ0n) is 19.1. The Morgan fingerprint density at radius 1 is 1.21 bits per heavy atom. The molecule has 6 heteroatoms. The molecule has 2 heterocycles. The van der Waals surface area contributed by atoms with Crippen LogP contribution >= 0.6 is 0 Å². The summed E-state index contributed by atoms with van der Waals surface area (Å²) in [6.07, 6.45) is 3.75. The van der Waals surface area contributed by atoms with E-state index in [0.29, 0.717) is 5.56 Å². The van der Waals surface area contributed by atoms with Gasteiger partial charge in [0.05, 0.1) is 18.8 Å². The Morgan fingerprint density at radius 2 is 2.06 bits per heavy atom. The van der Waals surface area contributed by atoms with E-state index in [2.05, 4.69) is 40.3 Å². The predicted molar refractivity (Wildman–Crippen MR) is 127 cm³/mol. The molecule has 33 heavy (non-hydrogen) atoms. The van der Waals surface area contributed by atoms with Crippen LogP contribution in [0.1, 0.15) is 46.1 Å². The van der Waals surface area contributed by atoms with E-state index in [-0.39, 0.29) is 17.9 Å². The van der Waals surface area contributed by atoms with E-state index in [9.17, 15) is 9.18 Å². The van der Waals surface area contributed by atoms with E-state index >= 15 is 0 Å². The number of pyridine rings is 1. The van der Waals surface area contributed by atoms with Gasteiger partial charge in [0.25, 0.3) is 5.91 Å². The van der Waals surface area contributed by atoms with Crippen molar-refractivity contribution in [1.82, 2.24) is 15.2 Å². The second-order valence-corrected chi connectivity index (χ2v) is 8.62. The Morgan fingerprint density at radius 3 is 2.82 bits per heavy atom. The molecule has 0 bridgehead atoms. The standard InChI is InChI=1S/C27H30FN3O2/c1-19-8-5-10-22(26(19)33-2)18-31-15-7-11-21(17-31)25(24-13-3-4-14-29-24)30-27(32)20-9-6-12-23(28)16-20/h3-6,8-10,12-14,16,21,25H,7,11,15,17-18H2,1-2H3,(H,30,32)/t21-,25+/m0/s1. The van der Waals surface area contributed by atoms with Crippen LogP contribution < -0.4 is 10.1 Å². The van der Waals surface area contributed by atoms with Crippen molar-refractivity contribution in [2.75, 3.05) is 20.2 Å². The Labute approximate surface area is 194 Å². The van der Waals surface area contributed by atoms with Gasteiger partial charge in [-0.3, -0.25) is 14.7 Å². The second-order valence-electron chi connectivity index (χ2n) is 8.62. The van der Waals surface area contributed by atoms with Crippen LogP contribution in [0.4, 0.5) is 4.39 Å². The first kappa shape index (κ1) is 22.9. The van der Waals surface area contributed by atoms with Gasteiger partial charge in [0.1, 0.15) is 11.6 Å². The number of rotatable bonds is 7. The first-order valence-electron chi connectivity index (χ1n) is 11.4. The fraction of sp³-hybridized carbons (Fsp3) is 0.333. The number of nitrogens with one attached hydrogen (secondary N) is 1. The molecule has 0 saturated carbocycles. The molecular formula is C27H30FN3O2. The molecule has 1 aliphatic rings. The number of aromatic nitrogens is 1. The van der Waals surface area contributed by atoms with E-state index in [1.54, 1.807) is 25.4 Å². The van der Waals surface area contributed by atoms with Crippen LogP contribution in [0, 0.1) is 18.7 Å². The molecule has 1 fully saturated rings. The molecule has 172 valence electrons. The van der Waals surface area contributed by atoms with Crippen molar-refractivity contribution in [2.45, 2.75) is 32.4 Å². The Bertz CT molecular complexity index is 1090. The molecule has 2 aromatic carbocycles. The first-order chi connectivity index (χ1) is 16.0. The number of carbonyl (C=O) groups excluding carboxylic acids is 1. The van der Waals surface area contributed by atoms with Crippen LogP contribution in [0.3, 0.4) is 0 Å². The summed E-state index contributed by atoms with van der Waals surface area (Å²) in [5.74, 6) is 0.401. The van der Waals surface area contributed by atoms with Crippen molar-refractivity contribution >= 4 is 5.91 Å². The molecule has 1 N–H and O–H groups in total. The molecule has 0 aliphatic carbocycles. The highest BCUT2D eigenvalue weighted by molar-refractivity contribution is 5.94. The summed E-state index contributed by atoms with van der Waals surface area (Å²) < 4.78 is 19.3. The maximum Gasteiger partial charge on any atom is 0.251 e. The van der Waals surface area contributed by atoms with E-state index in [0.717, 1.165) is 55.0 Å². The summed E-state index contributed by atoms with van der Waals surface area (Å²) in [4.78, 5) is 19.9. The van der Waals surface area contributed by atoms with Gasteiger partial charge in [0, 0.05) is 30.4 Å². The number of aryl methyl sites for hydroxylation is 1. The Hall–Kier alpha value is -3.25. The fourth-order valence-corrected chi connectivity index (χ4v) is 4.73. The quantitative estimate of drug-likeness (QED) is 0.559. The SMILES string of the molecule is COc1c(C)cccc1CN1CCC[C@H]([C@@H](NC(=O)c2cccc(F)c2)c2ccccn2)C1.